The van der Waals surface area contributed by atoms with E-state index in [0.717, 1.165) is 11.3 Å². The number of nitrogen functional groups attached to an aromatic ring is 1. The Labute approximate surface area is 149 Å². The fraction of sp³-hybridized carbons (Fsp3) is 0.375. The van der Waals surface area contributed by atoms with Crippen molar-refractivity contribution in [3.63, 3.8) is 0 Å². The van der Waals surface area contributed by atoms with Crippen LogP contribution in [0.5, 0.6) is 0 Å². The minimum Gasteiger partial charge on any atom is -0.375 e. The fourth-order valence-corrected chi connectivity index (χ4v) is 3.28. The number of anilines is 1. The van der Waals surface area contributed by atoms with Crippen LogP contribution in [0.15, 0.2) is 29.6 Å². The number of ether oxygens (including phenoxy) is 1. The highest BCUT2D eigenvalue weighted by atomic mass is 35.5. The largest absolute Gasteiger partial charge is 0.375 e. The first-order valence-electron chi connectivity index (χ1n) is 7.71. The van der Waals surface area contributed by atoms with Gasteiger partial charge >= 0.3 is 6.03 Å². The minimum absolute atomic E-state index is 0.0829. The summed E-state index contributed by atoms with van der Waals surface area (Å²) < 4.78 is 5.77. The first-order chi connectivity index (χ1) is 11.6. The van der Waals surface area contributed by atoms with Crippen molar-refractivity contribution >= 4 is 34.1 Å². The average molecular weight is 367 g/mol. The number of thiazole rings is 1. The molecule has 3 rings (SSSR count). The van der Waals surface area contributed by atoms with E-state index in [2.05, 4.69) is 10.3 Å². The highest BCUT2D eigenvalue weighted by Gasteiger charge is 2.25. The van der Waals surface area contributed by atoms with Gasteiger partial charge in [-0.05, 0) is 17.7 Å². The van der Waals surface area contributed by atoms with Crippen molar-refractivity contribution in [1.82, 2.24) is 15.2 Å². The molecular weight excluding hydrogens is 348 g/mol. The van der Waals surface area contributed by atoms with Gasteiger partial charge in [0.1, 0.15) is 6.10 Å². The molecule has 0 spiro atoms. The molecule has 3 N–H and O–H groups in total. The van der Waals surface area contributed by atoms with Gasteiger partial charge in [-0.1, -0.05) is 23.7 Å². The SMILES string of the molecule is Nc1nc(CCNC(=O)N2CCOC(c3ccc(Cl)cc3)C2)cs1. The smallest absolute Gasteiger partial charge is 0.317 e. The normalized spacial score (nSPS) is 17.7. The third-order valence-electron chi connectivity index (χ3n) is 3.82. The molecule has 1 aromatic carbocycles. The lowest BCUT2D eigenvalue weighted by molar-refractivity contribution is -0.0153. The summed E-state index contributed by atoms with van der Waals surface area (Å²) in [5.41, 5.74) is 7.52. The number of amides is 2. The van der Waals surface area contributed by atoms with Crippen molar-refractivity contribution < 1.29 is 9.53 Å². The number of halogens is 1. The summed E-state index contributed by atoms with van der Waals surface area (Å²) in [5, 5.41) is 6.07. The highest BCUT2D eigenvalue weighted by Crippen LogP contribution is 2.23. The number of benzene rings is 1. The number of nitrogens with zero attached hydrogens (tertiary/aromatic N) is 2. The van der Waals surface area contributed by atoms with Crippen LogP contribution in [0.2, 0.25) is 5.02 Å². The van der Waals surface area contributed by atoms with Crippen LogP contribution in [0.4, 0.5) is 9.93 Å². The molecule has 1 aromatic heterocycles. The second kappa shape index (κ2) is 7.83. The maximum Gasteiger partial charge on any atom is 0.317 e. The number of nitrogens with one attached hydrogen (secondary N) is 1. The lowest BCUT2D eigenvalue weighted by Gasteiger charge is -2.33. The monoisotopic (exact) mass is 366 g/mol. The number of aromatic nitrogens is 1. The first-order valence-corrected chi connectivity index (χ1v) is 8.97. The maximum atomic E-state index is 12.3. The van der Waals surface area contributed by atoms with E-state index in [1.807, 2.05) is 29.6 Å². The molecule has 2 aromatic rings. The highest BCUT2D eigenvalue weighted by molar-refractivity contribution is 7.13. The van der Waals surface area contributed by atoms with E-state index in [9.17, 15) is 4.79 Å². The van der Waals surface area contributed by atoms with Crippen molar-refractivity contribution in [1.29, 1.82) is 0 Å². The summed E-state index contributed by atoms with van der Waals surface area (Å²) in [6.07, 6.45) is 0.546. The molecule has 6 nitrogen and oxygen atoms in total. The van der Waals surface area contributed by atoms with Crippen molar-refractivity contribution in [3.8, 4) is 0 Å². The van der Waals surface area contributed by atoms with Crippen LogP contribution < -0.4 is 11.1 Å². The molecule has 1 saturated heterocycles. The Bertz CT molecular complexity index is 692. The lowest BCUT2D eigenvalue weighted by Crippen LogP contribution is -2.47. The molecule has 0 aliphatic carbocycles. The maximum absolute atomic E-state index is 12.3. The Hall–Kier alpha value is -1.83. The van der Waals surface area contributed by atoms with Crippen LogP contribution in [-0.4, -0.2) is 42.2 Å². The van der Waals surface area contributed by atoms with Gasteiger partial charge in [0.15, 0.2) is 5.13 Å². The van der Waals surface area contributed by atoms with Crippen LogP contribution in [0.25, 0.3) is 0 Å². The number of hydrogen-bond donors (Lipinski definition) is 2. The van der Waals surface area contributed by atoms with E-state index >= 15 is 0 Å². The molecule has 0 bridgehead atoms. The van der Waals surface area contributed by atoms with E-state index in [-0.39, 0.29) is 12.1 Å². The Morgan fingerprint density at radius 2 is 2.25 bits per heavy atom. The van der Waals surface area contributed by atoms with Gasteiger partial charge in [-0.25, -0.2) is 9.78 Å². The lowest BCUT2D eigenvalue weighted by atomic mass is 10.1. The Balaban J connectivity index is 1.50. The minimum atomic E-state index is -0.125. The molecule has 1 unspecified atom stereocenters. The Morgan fingerprint density at radius 1 is 1.46 bits per heavy atom. The summed E-state index contributed by atoms with van der Waals surface area (Å²) in [6, 6.07) is 7.44. The van der Waals surface area contributed by atoms with E-state index in [1.54, 1.807) is 4.90 Å². The Morgan fingerprint density at radius 3 is 2.96 bits per heavy atom. The zero-order chi connectivity index (χ0) is 16.9. The van der Waals surface area contributed by atoms with Crippen molar-refractivity contribution in [2.75, 3.05) is 32.0 Å². The van der Waals surface area contributed by atoms with E-state index in [1.165, 1.54) is 11.3 Å². The molecular formula is C16H19ClN4O2S. The second-order valence-electron chi connectivity index (χ2n) is 5.52. The van der Waals surface area contributed by atoms with Gasteiger partial charge in [0.05, 0.1) is 18.8 Å². The van der Waals surface area contributed by atoms with Gasteiger partial charge in [0.25, 0.3) is 0 Å². The van der Waals surface area contributed by atoms with Crippen molar-refractivity contribution in [2.24, 2.45) is 0 Å². The zero-order valence-electron chi connectivity index (χ0n) is 13.1. The van der Waals surface area contributed by atoms with Gasteiger partial charge in [-0.15, -0.1) is 11.3 Å². The van der Waals surface area contributed by atoms with Crippen LogP contribution in [0.1, 0.15) is 17.4 Å². The number of carbonyl (C=O) groups is 1. The molecule has 1 aliphatic heterocycles. The molecule has 1 fully saturated rings. The fourth-order valence-electron chi connectivity index (χ4n) is 2.56. The van der Waals surface area contributed by atoms with Gasteiger partial charge in [-0.2, -0.15) is 0 Å². The average Bonchev–Trinajstić information content (AvgIpc) is 3.01. The summed E-state index contributed by atoms with van der Waals surface area (Å²) in [7, 11) is 0. The third kappa shape index (κ3) is 4.37. The number of carbonyl (C=O) groups excluding carboxylic acids is 1. The van der Waals surface area contributed by atoms with Crippen molar-refractivity contribution in [2.45, 2.75) is 12.5 Å². The molecule has 0 radical (unpaired) electrons. The van der Waals surface area contributed by atoms with E-state index in [4.69, 9.17) is 22.1 Å². The van der Waals surface area contributed by atoms with E-state index < -0.39 is 0 Å². The van der Waals surface area contributed by atoms with Crippen LogP contribution in [0, 0.1) is 0 Å². The topological polar surface area (TPSA) is 80.5 Å². The molecule has 2 amide bonds. The summed E-state index contributed by atoms with van der Waals surface area (Å²) >= 11 is 7.32. The predicted octanol–water partition coefficient (Wildman–Crippen LogP) is 2.70. The molecule has 1 atom stereocenters. The molecule has 8 heteroatoms. The van der Waals surface area contributed by atoms with E-state index in [0.29, 0.717) is 42.8 Å². The number of nitrogens with two attached hydrogens (primary N) is 1. The number of rotatable bonds is 4. The number of urea groups is 1. The van der Waals surface area contributed by atoms with Gasteiger partial charge in [0, 0.05) is 29.9 Å². The summed E-state index contributed by atoms with van der Waals surface area (Å²) in [4.78, 5) is 18.3. The second-order valence-corrected chi connectivity index (χ2v) is 6.84. The standard InChI is InChI=1S/C16H19ClN4O2S/c17-12-3-1-11(2-4-12)14-9-21(7-8-23-14)16(22)19-6-5-13-10-24-15(18)20-13/h1-4,10,14H,5-9H2,(H2,18,20)(H,19,22). The van der Waals surface area contributed by atoms with Gasteiger partial charge in [0.2, 0.25) is 0 Å². The first kappa shape index (κ1) is 17.0. The molecule has 24 heavy (non-hydrogen) atoms. The van der Waals surface area contributed by atoms with Gasteiger partial charge < -0.3 is 20.7 Å². The summed E-state index contributed by atoms with van der Waals surface area (Å²) in [5.74, 6) is 0. The number of morpholine rings is 1. The third-order valence-corrected chi connectivity index (χ3v) is 4.80. The van der Waals surface area contributed by atoms with Crippen LogP contribution in [0.3, 0.4) is 0 Å². The van der Waals surface area contributed by atoms with Crippen LogP contribution in [-0.2, 0) is 11.2 Å². The molecule has 1 aliphatic rings. The van der Waals surface area contributed by atoms with Crippen molar-refractivity contribution in [3.05, 3.63) is 45.9 Å². The molecule has 2 heterocycles. The molecule has 0 saturated carbocycles. The van der Waals surface area contributed by atoms with Crippen LogP contribution >= 0.6 is 22.9 Å². The van der Waals surface area contributed by atoms with Gasteiger partial charge in [-0.3, -0.25) is 0 Å². The zero-order valence-corrected chi connectivity index (χ0v) is 14.6. The Kier molecular flexibility index (Phi) is 5.55. The predicted molar refractivity (Wildman–Crippen MR) is 95.3 cm³/mol. The quantitative estimate of drug-likeness (QED) is 0.871. The number of hydrogen-bond acceptors (Lipinski definition) is 5. The summed E-state index contributed by atoms with van der Waals surface area (Å²) in [6.45, 7) is 2.16. The molecule has 128 valence electrons.